The molecule has 0 bridgehead atoms. The van der Waals surface area contributed by atoms with Gasteiger partial charge in [0.05, 0.1) is 33.8 Å². The molecule has 0 aromatic rings. The molecule has 0 N–H and O–H groups in total. The maximum atomic E-state index is 11.1. The smallest absolute Gasteiger partial charge is 0.342 e. The molecular weight excluding hydrogens is 174 g/mol. The lowest BCUT2D eigenvalue weighted by Gasteiger charge is -2.07. The molecular formula is C8H11NO4. The van der Waals surface area contributed by atoms with Crippen molar-refractivity contribution in [3.05, 3.63) is 11.5 Å². The minimum Gasteiger partial charge on any atom is -0.468 e. The molecule has 5 heteroatoms. The molecule has 0 unspecified atom stereocenters. The molecule has 5 nitrogen and oxygen atoms in total. The van der Waals surface area contributed by atoms with Gasteiger partial charge in [-0.05, 0) is 0 Å². The van der Waals surface area contributed by atoms with Gasteiger partial charge in [-0.15, -0.1) is 0 Å². The Balaban J connectivity index is 4.86. The molecule has 0 atom stereocenters. The van der Waals surface area contributed by atoms with Gasteiger partial charge in [-0.3, -0.25) is 0 Å². The number of ether oxygens (including phenoxy) is 3. The van der Waals surface area contributed by atoms with Crippen LogP contribution >= 0.6 is 0 Å². The second-order valence-corrected chi connectivity index (χ2v) is 2.00. The van der Waals surface area contributed by atoms with Crippen LogP contribution in [-0.4, -0.2) is 27.3 Å². The summed E-state index contributed by atoms with van der Waals surface area (Å²) in [6.07, 6.45) is -0.107. The Bertz CT molecular complexity index is 245. The monoisotopic (exact) mass is 185 g/mol. The van der Waals surface area contributed by atoms with Crippen molar-refractivity contribution in [2.45, 2.75) is 6.42 Å². The first kappa shape index (κ1) is 11.3. The number of nitrogens with zero attached hydrogens (tertiary/aromatic N) is 1. The summed E-state index contributed by atoms with van der Waals surface area (Å²) in [6, 6.07) is 1.81. The summed E-state index contributed by atoms with van der Waals surface area (Å²) in [5.41, 5.74) is 0.0787. The molecule has 0 aliphatic heterocycles. The summed E-state index contributed by atoms with van der Waals surface area (Å²) >= 11 is 0. The van der Waals surface area contributed by atoms with Crippen LogP contribution in [0.4, 0.5) is 0 Å². The van der Waals surface area contributed by atoms with Gasteiger partial charge in [-0.2, -0.15) is 5.26 Å². The summed E-state index contributed by atoms with van der Waals surface area (Å²) < 4.78 is 13.9. The van der Waals surface area contributed by atoms with Crippen molar-refractivity contribution in [3.63, 3.8) is 0 Å². The van der Waals surface area contributed by atoms with E-state index < -0.39 is 5.97 Å². The fourth-order valence-corrected chi connectivity index (χ4v) is 0.760. The standard InChI is InChI=1S/C8H11NO4/c1-11-7(10)6(4-5-9)8(12-2)13-3/h4H2,1-3H3. The average Bonchev–Trinajstić information content (AvgIpc) is 2.17. The molecule has 0 saturated heterocycles. The number of nitriles is 1. The Kier molecular flexibility index (Phi) is 5.12. The van der Waals surface area contributed by atoms with E-state index in [2.05, 4.69) is 4.74 Å². The first-order valence-corrected chi connectivity index (χ1v) is 3.47. The number of esters is 1. The van der Waals surface area contributed by atoms with Crippen molar-refractivity contribution in [2.24, 2.45) is 0 Å². The highest BCUT2D eigenvalue weighted by Crippen LogP contribution is 2.11. The van der Waals surface area contributed by atoms with E-state index in [9.17, 15) is 4.79 Å². The normalized spacial score (nSPS) is 8.15. The van der Waals surface area contributed by atoms with Crippen molar-refractivity contribution in [2.75, 3.05) is 21.3 Å². The quantitative estimate of drug-likeness (QED) is 0.364. The van der Waals surface area contributed by atoms with Crippen LogP contribution in [0.15, 0.2) is 11.5 Å². The molecule has 0 rings (SSSR count). The molecule has 0 aliphatic rings. The van der Waals surface area contributed by atoms with Crippen molar-refractivity contribution < 1.29 is 19.0 Å². The highest BCUT2D eigenvalue weighted by Gasteiger charge is 2.17. The third-order valence-electron chi connectivity index (χ3n) is 1.30. The van der Waals surface area contributed by atoms with Crippen LogP contribution < -0.4 is 0 Å². The number of carbonyl (C=O) groups is 1. The lowest BCUT2D eigenvalue weighted by Crippen LogP contribution is -2.09. The summed E-state index contributed by atoms with van der Waals surface area (Å²) in [5.74, 6) is -0.617. The molecule has 0 aromatic heterocycles. The summed E-state index contributed by atoms with van der Waals surface area (Å²) in [7, 11) is 3.92. The highest BCUT2D eigenvalue weighted by atomic mass is 16.7. The Morgan fingerprint density at radius 1 is 1.23 bits per heavy atom. The molecule has 0 spiro atoms. The minimum absolute atomic E-state index is 0.00778. The number of rotatable bonds is 4. The summed E-state index contributed by atoms with van der Waals surface area (Å²) in [4.78, 5) is 11.1. The summed E-state index contributed by atoms with van der Waals surface area (Å²) in [5, 5.41) is 8.42. The predicted octanol–water partition coefficient (Wildman–Crippen LogP) is 0.577. The van der Waals surface area contributed by atoms with Crippen LogP contribution in [0.5, 0.6) is 0 Å². The second kappa shape index (κ2) is 5.89. The van der Waals surface area contributed by atoms with Gasteiger partial charge in [0, 0.05) is 0 Å². The van der Waals surface area contributed by atoms with Crippen LogP contribution in [0, 0.1) is 11.3 Å². The van der Waals surface area contributed by atoms with E-state index in [1.807, 2.05) is 6.07 Å². The molecule has 0 aliphatic carbocycles. The lowest BCUT2D eigenvalue weighted by atomic mass is 10.2. The summed E-state index contributed by atoms with van der Waals surface area (Å²) in [6.45, 7) is 0. The van der Waals surface area contributed by atoms with E-state index in [4.69, 9.17) is 14.7 Å². The first-order chi connectivity index (χ1) is 6.21. The van der Waals surface area contributed by atoms with E-state index in [0.29, 0.717) is 0 Å². The van der Waals surface area contributed by atoms with Gasteiger partial charge in [0.15, 0.2) is 0 Å². The zero-order valence-electron chi connectivity index (χ0n) is 7.79. The predicted molar refractivity (Wildman–Crippen MR) is 43.3 cm³/mol. The third-order valence-corrected chi connectivity index (χ3v) is 1.30. The van der Waals surface area contributed by atoms with Gasteiger partial charge in [0.1, 0.15) is 5.57 Å². The number of carbonyl (C=O) groups excluding carboxylic acids is 1. The Morgan fingerprint density at radius 3 is 2.08 bits per heavy atom. The molecule has 13 heavy (non-hydrogen) atoms. The van der Waals surface area contributed by atoms with Gasteiger partial charge in [-0.25, -0.2) is 4.79 Å². The fourth-order valence-electron chi connectivity index (χ4n) is 0.760. The van der Waals surface area contributed by atoms with Crippen LogP contribution in [0.3, 0.4) is 0 Å². The largest absolute Gasteiger partial charge is 0.468 e. The Labute approximate surface area is 76.5 Å². The molecule has 0 fully saturated rings. The van der Waals surface area contributed by atoms with Crippen molar-refractivity contribution in [1.29, 1.82) is 5.26 Å². The molecule has 0 saturated carbocycles. The van der Waals surface area contributed by atoms with Crippen LogP contribution in [-0.2, 0) is 19.0 Å². The second-order valence-electron chi connectivity index (χ2n) is 2.00. The molecule has 72 valence electrons. The fraction of sp³-hybridized carbons (Fsp3) is 0.500. The minimum atomic E-state index is -0.625. The number of hydrogen-bond donors (Lipinski definition) is 0. The van der Waals surface area contributed by atoms with E-state index in [-0.39, 0.29) is 17.9 Å². The van der Waals surface area contributed by atoms with Crippen LogP contribution in [0.1, 0.15) is 6.42 Å². The van der Waals surface area contributed by atoms with Crippen molar-refractivity contribution >= 4 is 5.97 Å². The average molecular weight is 185 g/mol. The zero-order chi connectivity index (χ0) is 10.3. The van der Waals surface area contributed by atoms with E-state index >= 15 is 0 Å². The van der Waals surface area contributed by atoms with Crippen molar-refractivity contribution in [3.8, 4) is 6.07 Å². The van der Waals surface area contributed by atoms with Crippen LogP contribution in [0.25, 0.3) is 0 Å². The zero-order valence-corrected chi connectivity index (χ0v) is 7.79. The molecule has 0 radical (unpaired) electrons. The Morgan fingerprint density at radius 2 is 1.77 bits per heavy atom. The van der Waals surface area contributed by atoms with Gasteiger partial charge in [0.2, 0.25) is 0 Å². The molecule has 0 heterocycles. The van der Waals surface area contributed by atoms with Gasteiger partial charge < -0.3 is 14.2 Å². The Hall–Kier alpha value is -1.70. The topological polar surface area (TPSA) is 68.6 Å². The highest BCUT2D eigenvalue weighted by molar-refractivity contribution is 5.89. The number of methoxy groups -OCH3 is 3. The van der Waals surface area contributed by atoms with Gasteiger partial charge in [0.25, 0.3) is 5.95 Å². The van der Waals surface area contributed by atoms with Gasteiger partial charge >= 0.3 is 5.97 Å². The molecule has 0 aromatic carbocycles. The maximum Gasteiger partial charge on any atom is 0.342 e. The van der Waals surface area contributed by atoms with E-state index in [0.717, 1.165) is 0 Å². The van der Waals surface area contributed by atoms with E-state index in [1.165, 1.54) is 21.3 Å². The van der Waals surface area contributed by atoms with Crippen molar-refractivity contribution in [1.82, 2.24) is 0 Å². The van der Waals surface area contributed by atoms with Gasteiger partial charge in [-0.1, -0.05) is 0 Å². The molecule has 0 amide bonds. The van der Waals surface area contributed by atoms with E-state index in [1.54, 1.807) is 0 Å². The SMILES string of the molecule is COC(=O)C(CC#N)=C(OC)OC. The maximum absolute atomic E-state index is 11.1. The number of hydrogen-bond acceptors (Lipinski definition) is 5. The first-order valence-electron chi connectivity index (χ1n) is 3.47. The lowest BCUT2D eigenvalue weighted by molar-refractivity contribution is -0.136. The van der Waals surface area contributed by atoms with Crippen LogP contribution in [0.2, 0.25) is 0 Å². The third kappa shape index (κ3) is 3.03.